The minimum atomic E-state index is 0.865. The second-order valence-electron chi connectivity index (χ2n) is 3.13. The molecule has 0 unspecified atom stereocenters. The van der Waals surface area contributed by atoms with Crippen molar-refractivity contribution in [3.05, 3.63) is 0 Å². The standard InChI is InChI=1S/C8H16N2O/c1-9(8-11)6-7-10-4-2-3-5-10/h8H,2-7H2,1H3. The van der Waals surface area contributed by atoms with Crippen molar-refractivity contribution < 1.29 is 4.79 Å². The molecule has 3 heteroatoms. The molecule has 0 atom stereocenters. The number of likely N-dealkylation sites (tertiary alicyclic amines) is 1. The lowest BCUT2D eigenvalue weighted by Gasteiger charge is -2.17. The van der Waals surface area contributed by atoms with Crippen molar-refractivity contribution in [2.24, 2.45) is 0 Å². The lowest BCUT2D eigenvalue weighted by atomic mass is 10.4. The summed E-state index contributed by atoms with van der Waals surface area (Å²) in [5, 5.41) is 0. The van der Waals surface area contributed by atoms with Crippen molar-refractivity contribution in [2.75, 3.05) is 33.2 Å². The smallest absolute Gasteiger partial charge is 0.209 e. The Morgan fingerprint density at radius 1 is 1.45 bits per heavy atom. The Hall–Kier alpha value is -0.570. The molecule has 0 spiro atoms. The van der Waals surface area contributed by atoms with Crippen LogP contribution >= 0.6 is 0 Å². The van der Waals surface area contributed by atoms with Gasteiger partial charge in [-0.25, -0.2) is 0 Å². The van der Waals surface area contributed by atoms with E-state index in [0.717, 1.165) is 19.5 Å². The number of hydrogen-bond donors (Lipinski definition) is 0. The lowest BCUT2D eigenvalue weighted by Crippen LogP contribution is -2.30. The van der Waals surface area contributed by atoms with Gasteiger partial charge in [-0.05, 0) is 25.9 Å². The lowest BCUT2D eigenvalue weighted by molar-refractivity contribution is -0.117. The molecule has 64 valence electrons. The summed E-state index contributed by atoms with van der Waals surface area (Å²) in [7, 11) is 1.82. The van der Waals surface area contributed by atoms with Crippen LogP contribution in [0.3, 0.4) is 0 Å². The number of amides is 1. The quantitative estimate of drug-likeness (QED) is 0.542. The van der Waals surface area contributed by atoms with Crippen LogP contribution in [0, 0.1) is 0 Å². The van der Waals surface area contributed by atoms with Crippen LogP contribution in [0.25, 0.3) is 0 Å². The fourth-order valence-electron chi connectivity index (χ4n) is 1.36. The first-order chi connectivity index (χ1) is 5.33. The second-order valence-corrected chi connectivity index (χ2v) is 3.13. The Bertz CT molecular complexity index is 121. The minimum absolute atomic E-state index is 0.865. The van der Waals surface area contributed by atoms with Crippen LogP contribution in [0.5, 0.6) is 0 Å². The van der Waals surface area contributed by atoms with Crippen LogP contribution in [-0.4, -0.2) is 49.4 Å². The van der Waals surface area contributed by atoms with Crippen molar-refractivity contribution >= 4 is 6.41 Å². The zero-order chi connectivity index (χ0) is 8.10. The van der Waals surface area contributed by atoms with Crippen molar-refractivity contribution in [1.82, 2.24) is 9.80 Å². The Morgan fingerprint density at radius 2 is 2.09 bits per heavy atom. The van der Waals surface area contributed by atoms with E-state index in [1.807, 2.05) is 7.05 Å². The predicted octanol–water partition coefficient (Wildman–Crippen LogP) is 0.170. The molecule has 0 aromatic rings. The highest BCUT2D eigenvalue weighted by Crippen LogP contribution is 2.05. The molecule has 1 aliphatic heterocycles. The van der Waals surface area contributed by atoms with Gasteiger partial charge in [-0.15, -0.1) is 0 Å². The van der Waals surface area contributed by atoms with Gasteiger partial charge in [0.2, 0.25) is 6.41 Å². The van der Waals surface area contributed by atoms with E-state index in [1.54, 1.807) is 4.90 Å². The number of likely N-dealkylation sites (N-methyl/N-ethyl adjacent to an activating group) is 1. The highest BCUT2D eigenvalue weighted by atomic mass is 16.1. The third-order valence-corrected chi connectivity index (χ3v) is 2.15. The Labute approximate surface area is 68.0 Å². The number of carbonyl (C=O) groups excluding carboxylic acids is 1. The highest BCUT2D eigenvalue weighted by Gasteiger charge is 2.10. The van der Waals surface area contributed by atoms with Gasteiger partial charge in [-0.1, -0.05) is 0 Å². The Balaban J connectivity index is 2.06. The van der Waals surface area contributed by atoms with Gasteiger partial charge in [0.25, 0.3) is 0 Å². The molecule has 1 heterocycles. The maximum absolute atomic E-state index is 10.2. The van der Waals surface area contributed by atoms with Gasteiger partial charge in [0.15, 0.2) is 0 Å². The van der Waals surface area contributed by atoms with Crippen molar-refractivity contribution in [3.63, 3.8) is 0 Å². The molecule has 1 aliphatic rings. The third-order valence-electron chi connectivity index (χ3n) is 2.15. The zero-order valence-corrected chi connectivity index (χ0v) is 7.12. The zero-order valence-electron chi connectivity index (χ0n) is 7.12. The molecular formula is C8H16N2O. The molecule has 1 fully saturated rings. The van der Waals surface area contributed by atoms with Crippen LogP contribution in [0.1, 0.15) is 12.8 Å². The van der Waals surface area contributed by atoms with E-state index in [-0.39, 0.29) is 0 Å². The molecule has 0 aromatic heterocycles. The summed E-state index contributed by atoms with van der Waals surface area (Å²) >= 11 is 0. The summed E-state index contributed by atoms with van der Waals surface area (Å²) < 4.78 is 0. The molecule has 0 saturated carbocycles. The molecule has 1 rings (SSSR count). The molecule has 11 heavy (non-hydrogen) atoms. The molecule has 1 saturated heterocycles. The van der Waals surface area contributed by atoms with Crippen LogP contribution in [0.15, 0.2) is 0 Å². The fourth-order valence-corrected chi connectivity index (χ4v) is 1.36. The normalized spacial score (nSPS) is 18.6. The SMILES string of the molecule is CN(C=O)CCN1CCCC1. The summed E-state index contributed by atoms with van der Waals surface area (Å²) in [6, 6.07) is 0. The van der Waals surface area contributed by atoms with E-state index >= 15 is 0 Å². The van der Waals surface area contributed by atoms with E-state index in [4.69, 9.17) is 0 Å². The van der Waals surface area contributed by atoms with Gasteiger partial charge >= 0.3 is 0 Å². The van der Waals surface area contributed by atoms with Crippen molar-refractivity contribution in [1.29, 1.82) is 0 Å². The average Bonchev–Trinajstić information content (AvgIpc) is 2.52. The molecule has 0 N–H and O–H groups in total. The number of hydrogen-bond acceptors (Lipinski definition) is 2. The Kier molecular flexibility index (Phi) is 3.36. The maximum Gasteiger partial charge on any atom is 0.209 e. The summed E-state index contributed by atoms with van der Waals surface area (Å²) in [6.45, 7) is 4.33. The van der Waals surface area contributed by atoms with Crippen LogP contribution in [0.4, 0.5) is 0 Å². The number of rotatable bonds is 4. The molecule has 0 bridgehead atoms. The highest BCUT2D eigenvalue weighted by molar-refractivity contribution is 5.46. The van der Waals surface area contributed by atoms with Crippen LogP contribution in [0.2, 0.25) is 0 Å². The van der Waals surface area contributed by atoms with E-state index in [2.05, 4.69) is 4.90 Å². The summed E-state index contributed by atoms with van der Waals surface area (Å²) in [4.78, 5) is 14.3. The molecule has 1 amide bonds. The molecular weight excluding hydrogens is 140 g/mol. The molecule has 0 aromatic carbocycles. The van der Waals surface area contributed by atoms with E-state index in [9.17, 15) is 4.79 Å². The number of nitrogens with zero attached hydrogens (tertiary/aromatic N) is 2. The van der Waals surface area contributed by atoms with Gasteiger partial charge in [-0.3, -0.25) is 4.79 Å². The topological polar surface area (TPSA) is 23.6 Å². The monoisotopic (exact) mass is 156 g/mol. The first-order valence-corrected chi connectivity index (χ1v) is 4.21. The van der Waals surface area contributed by atoms with E-state index in [1.165, 1.54) is 25.9 Å². The first kappa shape index (κ1) is 8.53. The van der Waals surface area contributed by atoms with E-state index < -0.39 is 0 Å². The van der Waals surface area contributed by atoms with E-state index in [0.29, 0.717) is 0 Å². The van der Waals surface area contributed by atoms with Crippen LogP contribution < -0.4 is 0 Å². The van der Waals surface area contributed by atoms with Gasteiger partial charge in [0, 0.05) is 20.1 Å². The van der Waals surface area contributed by atoms with Crippen molar-refractivity contribution in [3.8, 4) is 0 Å². The Morgan fingerprint density at radius 3 is 2.64 bits per heavy atom. The molecule has 0 radical (unpaired) electrons. The third kappa shape index (κ3) is 2.89. The maximum atomic E-state index is 10.2. The van der Waals surface area contributed by atoms with Crippen LogP contribution in [-0.2, 0) is 4.79 Å². The summed E-state index contributed by atoms with van der Waals surface area (Å²) in [5.74, 6) is 0. The first-order valence-electron chi connectivity index (χ1n) is 4.21. The largest absolute Gasteiger partial charge is 0.347 e. The summed E-state index contributed by atoms with van der Waals surface area (Å²) in [5.41, 5.74) is 0. The van der Waals surface area contributed by atoms with Gasteiger partial charge in [-0.2, -0.15) is 0 Å². The molecule has 3 nitrogen and oxygen atoms in total. The van der Waals surface area contributed by atoms with Gasteiger partial charge in [0.05, 0.1) is 0 Å². The van der Waals surface area contributed by atoms with Crippen molar-refractivity contribution in [2.45, 2.75) is 12.8 Å². The molecule has 0 aliphatic carbocycles. The summed E-state index contributed by atoms with van der Waals surface area (Å²) in [6.07, 6.45) is 3.53. The fraction of sp³-hybridized carbons (Fsp3) is 0.875. The second kappa shape index (κ2) is 4.34. The van der Waals surface area contributed by atoms with Gasteiger partial charge in [0.1, 0.15) is 0 Å². The van der Waals surface area contributed by atoms with Gasteiger partial charge < -0.3 is 9.80 Å². The average molecular weight is 156 g/mol. The number of carbonyl (C=O) groups is 1. The predicted molar refractivity (Wildman–Crippen MR) is 44.4 cm³/mol. The minimum Gasteiger partial charge on any atom is -0.347 e.